The molecule has 0 spiro atoms. The SMILES string of the molecule is C=CC(=C)C.Cc1cccc(C)c1.Cc1ccccc1. The van der Waals surface area contributed by atoms with Crippen LogP contribution in [0.1, 0.15) is 23.6 Å². The van der Waals surface area contributed by atoms with Crippen LogP contribution in [-0.2, 0) is 0 Å². The number of allylic oxidation sites excluding steroid dienone is 2. The van der Waals surface area contributed by atoms with E-state index in [1.54, 1.807) is 6.08 Å². The molecule has 0 heteroatoms. The van der Waals surface area contributed by atoms with Crippen molar-refractivity contribution in [3.05, 3.63) is 96.1 Å². The van der Waals surface area contributed by atoms with Gasteiger partial charge in [0.25, 0.3) is 0 Å². The number of hydrogen-bond donors (Lipinski definition) is 0. The minimum Gasteiger partial charge on any atom is -0.0988 e. The molecule has 0 radical (unpaired) electrons. The first-order valence-corrected chi connectivity index (χ1v) is 6.78. The van der Waals surface area contributed by atoms with Gasteiger partial charge in [-0.3, -0.25) is 0 Å². The second-order valence-electron chi connectivity index (χ2n) is 4.86. The van der Waals surface area contributed by atoms with Crippen molar-refractivity contribution in [1.29, 1.82) is 0 Å². The maximum Gasteiger partial charge on any atom is -0.0398 e. The van der Waals surface area contributed by atoms with E-state index in [0.29, 0.717) is 0 Å². The van der Waals surface area contributed by atoms with Crippen molar-refractivity contribution in [3.8, 4) is 0 Å². The van der Waals surface area contributed by atoms with Crippen molar-refractivity contribution >= 4 is 0 Å². The van der Waals surface area contributed by atoms with Gasteiger partial charge < -0.3 is 0 Å². The van der Waals surface area contributed by atoms with E-state index in [0.717, 1.165) is 5.57 Å². The van der Waals surface area contributed by atoms with Gasteiger partial charge in [-0.2, -0.15) is 0 Å². The zero-order valence-electron chi connectivity index (χ0n) is 13.2. The molecule has 0 amide bonds. The van der Waals surface area contributed by atoms with Crippen LogP contribution >= 0.6 is 0 Å². The average molecular weight is 266 g/mol. The molecule has 106 valence electrons. The summed E-state index contributed by atoms with van der Waals surface area (Å²) in [4.78, 5) is 0. The number of hydrogen-bond acceptors (Lipinski definition) is 0. The van der Waals surface area contributed by atoms with E-state index in [9.17, 15) is 0 Å². The van der Waals surface area contributed by atoms with Crippen LogP contribution in [0, 0.1) is 20.8 Å². The fourth-order valence-electron chi connectivity index (χ4n) is 1.34. The monoisotopic (exact) mass is 266 g/mol. The fraction of sp³-hybridized carbons (Fsp3) is 0.200. The Morgan fingerprint density at radius 2 is 1.20 bits per heavy atom. The van der Waals surface area contributed by atoms with Gasteiger partial charge in [0.15, 0.2) is 0 Å². The van der Waals surface area contributed by atoms with Crippen LogP contribution in [0.4, 0.5) is 0 Å². The Morgan fingerprint density at radius 1 is 0.800 bits per heavy atom. The van der Waals surface area contributed by atoms with Gasteiger partial charge in [-0.1, -0.05) is 96.1 Å². The normalized spacial score (nSPS) is 8.40. The molecule has 0 nitrogen and oxygen atoms in total. The molecule has 0 saturated heterocycles. The molecule has 0 aromatic heterocycles. The van der Waals surface area contributed by atoms with Gasteiger partial charge in [-0.15, -0.1) is 0 Å². The van der Waals surface area contributed by atoms with Gasteiger partial charge in [0.05, 0.1) is 0 Å². The summed E-state index contributed by atoms with van der Waals surface area (Å²) in [6.45, 7) is 15.2. The third-order valence-electron chi connectivity index (χ3n) is 2.46. The summed E-state index contributed by atoms with van der Waals surface area (Å²) in [5.41, 5.74) is 5.02. The minimum absolute atomic E-state index is 1.02. The third kappa shape index (κ3) is 11.0. The van der Waals surface area contributed by atoms with E-state index in [-0.39, 0.29) is 0 Å². The summed E-state index contributed by atoms with van der Waals surface area (Å²) >= 11 is 0. The molecule has 0 saturated carbocycles. The largest absolute Gasteiger partial charge is 0.0988 e. The molecule has 0 aliphatic heterocycles. The Hall–Kier alpha value is -2.08. The van der Waals surface area contributed by atoms with Crippen LogP contribution < -0.4 is 0 Å². The summed E-state index contributed by atoms with van der Waals surface area (Å²) < 4.78 is 0. The first kappa shape index (κ1) is 17.9. The third-order valence-corrected chi connectivity index (χ3v) is 2.46. The highest BCUT2D eigenvalue weighted by molar-refractivity contribution is 5.20. The Balaban J connectivity index is 0.000000280. The number of benzene rings is 2. The van der Waals surface area contributed by atoms with Crippen LogP contribution in [0.3, 0.4) is 0 Å². The maximum absolute atomic E-state index is 3.56. The molecule has 0 aliphatic carbocycles. The van der Waals surface area contributed by atoms with Gasteiger partial charge in [0.1, 0.15) is 0 Å². The molecule has 0 fully saturated rings. The fourth-order valence-corrected chi connectivity index (χ4v) is 1.34. The van der Waals surface area contributed by atoms with Crippen LogP contribution in [0.15, 0.2) is 79.4 Å². The highest BCUT2D eigenvalue weighted by atomic mass is 13.9. The molecule has 20 heavy (non-hydrogen) atoms. The van der Waals surface area contributed by atoms with Gasteiger partial charge in [0.2, 0.25) is 0 Å². The van der Waals surface area contributed by atoms with E-state index in [2.05, 4.69) is 70.3 Å². The van der Waals surface area contributed by atoms with Crippen molar-refractivity contribution in [1.82, 2.24) is 0 Å². The molecular formula is C20H26. The quantitative estimate of drug-likeness (QED) is 0.551. The van der Waals surface area contributed by atoms with Gasteiger partial charge in [-0.25, -0.2) is 0 Å². The van der Waals surface area contributed by atoms with Crippen LogP contribution in [0.2, 0.25) is 0 Å². The zero-order chi connectivity index (χ0) is 15.4. The molecular weight excluding hydrogens is 240 g/mol. The Bertz CT molecular complexity index is 489. The van der Waals surface area contributed by atoms with E-state index >= 15 is 0 Å². The lowest BCUT2D eigenvalue weighted by Crippen LogP contribution is -1.71. The molecule has 0 atom stereocenters. The first-order valence-electron chi connectivity index (χ1n) is 6.78. The highest BCUT2D eigenvalue weighted by Crippen LogP contribution is 2.00. The lowest BCUT2D eigenvalue weighted by Gasteiger charge is -1.90. The standard InChI is InChI=1S/C8H10.C7H8.C5H8/c1-7-4-3-5-8(2)6-7;1-7-5-3-2-4-6-7;1-4-5(2)3/h3-6H,1-2H3;2-6H,1H3;4H,1-2H2,3H3. The van der Waals surface area contributed by atoms with E-state index in [1.807, 2.05) is 25.1 Å². The summed E-state index contributed by atoms with van der Waals surface area (Å²) in [7, 11) is 0. The summed E-state index contributed by atoms with van der Waals surface area (Å²) in [5, 5.41) is 0. The topological polar surface area (TPSA) is 0 Å². The molecule has 0 heterocycles. The zero-order valence-corrected chi connectivity index (χ0v) is 13.2. The second-order valence-corrected chi connectivity index (χ2v) is 4.86. The van der Waals surface area contributed by atoms with Crippen molar-refractivity contribution in [2.24, 2.45) is 0 Å². The van der Waals surface area contributed by atoms with Gasteiger partial charge in [-0.05, 0) is 27.7 Å². The summed E-state index contributed by atoms with van der Waals surface area (Å²) in [6.07, 6.45) is 1.72. The number of rotatable bonds is 1. The Labute approximate surface area is 124 Å². The van der Waals surface area contributed by atoms with Gasteiger partial charge in [0, 0.05) is 0 Å². The molecule has 0 aliphatic rings. The Morgan fingerprint density at radius 3 is 1.40 bits per heavy atom. The molecule has 2 aromatic rings. The van der Waals surface area contributed by atoms with Crippen molar-refractivity contribution in [2.75, 3.05) is 0 Å². The minimum atomic E-state index is 1.02. The van der Waals surface area contributed by atoms with Gasteiger partial charge >= 0.3 is 0 Å². The second kappa shape index (κ2) is 10.8. The van der Waals surface area contributed by atoms with Crippen molar-refractivity contribution in [2.45, 2.75) is 27.7 Å². The van der Waals surface area contributed by atoms with E-state index in [1.165, 1.54) is 16.7 Å². The Kier molecular flexibility index (Phi) is 9.68. The molecule has 0 unspecified atom stereocenters. The smallest absolute Gasteiger partial charge is 0.0398 e. The van der Waals surface area contributed by atoms with E-state index < -0.39 is 0 Å². The first-order chi connectivity index (χ1) is 9.45. The van der Waals surface area contributed by atoms with Crippen molar-refractivity contribution < 1.29 is 0 Å². The summed E-state index contributed by atoms with van der Waals surface area (Å²) in [5.74, 6) is 0. The lowest BCUT2D eigenvalue weighted by atomic mass is 10.2. The van der Waals surface area contributed by atoms with Crippen LogP contribution in [0.25, 0.3) is 0 Å². The highest BCUT2D eigenvalue weighted by Gasteiger charge is 1.80. The van der Waals surface area contributed by atoms with E-state index in [4.69, 9.17) is 0 Å². The molecule has 2 aromatic carbocycles. The molecule has 0 bridgehead atoms. The molecule has 2 rings (SSSR count). The number of aryl methyl sites for hydroxylation is 3. The van der Waals surface area contributed by atoms with Crippen LogP contribution in [-0.4, -0.2) is 0 Å². The predicted molar refractivity (Wildman–Crippen MR) is 92.1 cm³/mol. The van der Waals surface area contributed by atoms with Crippen molar-refractivity contribution in [3.63, 3.8) is 0 Å². The molecule has 0 N–H and O–H groups in total. The lowest BCUT2D eigenvalue weighted by molar-refractivity contribution is 1.39. The van der Waals surface area contributed by atoms with Crippen LogP contribution in [0.5, 0.6) is 0 Å². The predicted octanol–water partition coefficient (Wildman–Crippen LogP) is 6.05. The summed E-state index contributed by atoms with van der Waals surface area (Å²) in [6, 6.07) is 18.7. The maximum atomic E-state index is 3.56. The average Bonchev–Trinajstić information content (AvgIpc) is 2.40.